The fourth-order valence-corrected chi connectivity index (χ4v) is 3.38. The lowest BCUT2D eigenvalue weighted by molar-refractivity contribution is -0.207. The molecule has 0 saturated heterocycles. The second-order valence-corrected chi connectivity index (χ2v) is 6.65. The van der Waals surface area contributed by atoms with Crippen LogP contribution in [0.3, 0.4) is 0 Å². The minimum absolute atomic E-state index is 0.0516. The van der Waals surface area contributed by atoms with Crippen LogP contribution in [0.5, 0.6) is 5.75 Å². The maximum atomic E-state index is 12.6. The van der Waals surface area contributed by atoms with Gasteiger partial charge < -0.3 is 15.9 Å². The molecule has 0 aliphatic heterocycles. The molecule has 1 aliphatic rings. The molecule has 0 saturated carbocycles. The van der Waals surface area contributed by atoms with Crippen molar-refractivity contribution in [2.45, 2.75) is 6.42 Å². The van der Waals surface area contributed by atoms with Crippen molar-refractivity contribution >= 4 is 17.4 Å². The number of rotatable bonds is 5. The van der Waals surface area contributed by atoms with Crippen molar-refractivity contribution in [3.05, 3.63) is 83.4 Å². The number of hydrogen-bond donors (Lipinski definition) is 3. The minimum Gasteiger partial charge on any atom is -0.485 e. The predicted octanol–water partition coefficient (Wildman–Crippen LogP) is 2.37. The van der Waals surface area contributed by atoms with Crippen molar-refractivity contribution in [2.24, 2.45) is 16.1 Å². The molecule has 5 N–H and O–H groups in total. The van der Waals surface area contributed by atoms with Crippen LogP contribution < -0.4 is 21.4 Å². The lowest BCUT2D eigenvalue weighted by atomic mass is 10.1. The highest BCUT2D eigenvalue weighted by Crippen LogP contribution is 2.37. The fourth-order valence-electron chi connectivity index (χ4n) is 3.38. The van der Waals surface area contributed by atoms with Crippen LogP contribution in [0.2, 0.25) is 0 Å². The molecule has 0 heterocycles. The zero-order chi connectivity index (χ0) is 20.2. The van der Waals surface area contributed by atoms with Crippen LogP contribution in [0.1, 0.15) is 21.5 Å². The number of fused-ring (bicyclic) bond motifs is 3. The number of benzene rings is 3. The molecule has 0 spiro atoms. The van der Waals surface area contributed by atoms with Gasteiger partial charge >= 0.3 is 0 Å². The van der Waals surface area contributed by atoms with Crippen molar-refractivity contribution in [2.75, 3.05) is 11.9 Å². The summed E-state index contributed by atoms with van der Waals surface area (Å²) in [5.41, 5.74) is 11.4. The Morgan fingerprint density at radius 1 is 1.03 bits per heavy atom. The van der Waals surface area contributed by atoms with Crippen LogP contribution in [0.4, 0.5) is 5.69 Å². The molecule has 1 amide bonds. The number of nitrogens with two attached hydrogens (primary N) is 2. The van der Waals surface area contributed by atoms with E-state index in [1.807, 2.05) is 18.2 Å². The largest absolute Gasteiger partial charge is 0.485 e. The van der Waals surface area contributed by atoms with Gasteiger partial charge in [0.15, 0.2) is 6.61 Å². The smallest absolute Gasteiger partial charge is 0.255 e. The molecule has 0 atom stereocenters. The summed E-state index contributed by atoms with van der Waals surface area (Å²) < 4.78 is 5.47. The highest BCUT2D eigenvalue weighted by molar-refractivity contribution is 6.04. The summed E-state index contributed by atoms with van der Waals surface area (Å²) in [6.07, 6.45) is 0.879. The van der Waals surface area contributed by atoms with Gasteiger partial charge in [0.05, 0.1) is 0 Å². The summed E-state index contributed by atoms with van der Waals surface area (Å²) >= 11 is 0. The van der Waals surface area contributed by atoms with Crippen LogP contribution in [0.15, 0.2) is 76.9 Å². The molecule has 4 rings (SSSR count). The van der Waals surface area contributed by atoms with Gasteiger partial charge in [0, 0.05) is 16.4 Å². The summed E-state index contributed by atoms with van der Waals surface area (Å²) in [4.78, 5) is 12.6. The monoisotopic (exact) mass is 386 g/mol. The summed E-state index contributed by atoms with van der Waals surface area (Å²) in [5.74, 6) is 5.68. The van der Waals surface area contributed by atoms with Gasteiger partial charge in [-0.15, -0.1) is 0 Å². The van der Waals surface area contributed by atoms with Crippen LogP contribution in [-0.4, -0.2) is 18.3 Å². The van der Waals surface area contributed by atoms with Gasteiger partial charge in [-0.05, 0) is 65.1 Å². The fraction of sp³-hybridized carbons (Fsp3) is 0.0909. The molecular formula is C22H20N5O2+. The number of nitrogens with zero attached hydrogens (tertiary/aromatic N) is 2. The second kappa shape index (κ2) is 7.93. The Morgan fingerprint density at radius 3 is 2.55 bits per heavy atom. The number of amides is 1. The van der Waals surface area contributed by atoms with Crippen LogP contribution in [0.25, 0.3) is 11.1 Å². The zero-order valence-corrected chi connectivity index (χ0v) is 15.6. The third-order valence-corrected chi connectivity index (χ3v) is 4.83. The normalized spacial score (nSPS) is 12.1. The Labute approximate surface area is 167 Å². The van der Waals surface area contributed by atoms with Gasteiger partial charge in [0.25, 0.3) is 11.7 Å². The van der Waals surface area contributed by atoms with E-state index < -0.39 is 0 Å². The Bertz CT molecular complexity index is 1110. The van der Waals surface area contributed by atoms with Gasteiger partial charge in [-0.25, -0.2) is 0 Å². The molecule has 0 bridgehead atoms. The number of hydrogen-bond acceptors (Lipinski definition) is 4. The van der Waals surface area contributed by atoms with Crippen LogP contribution >= 0.6 is 0 Å². The Hall–Kier alpha value is -4.00. The lowest BCUT2D eigenvalue weighted by Crippen LogP contribution is -2.29. The summed E-state index contributed by atoms with van der Waals surface area (Å²) in [5, 5.41) is 9.73. The number of amidine groups is 1. The highest BCUT2D eigenvalue weighted by atomic mass is 16.5. The standard InChI is InChI=1S/C22H19N5O2/c23-26-21(27-24)13-29-18-8-5-14(6-9-18)22(28)25-17-7-10-20-16(12-17)11-15-3-1-2-4-19(15)20/h1-10,12,23H,11,13,24H2,(H,25,28)/p+1. The molecular weight excluding hydrogens is 366 g/mol. The maximum absolute atomic E-state index is 12.6. The van der Waals surface area contributed by atoms with Crippen LogP contribution in [0, 0.1) is 0 Å². The summed E-state index contributed by atoms with van der Waals surface area (Å²) in [7, 11) is 0. The number of anilines is 1. The van der Waals surface area contributed by atoms with Gasteiger partial charge in [-0.3, -0.25) is 4.79 Å². The molecule has 3 aromatic carbocycles. The molecule has 144 valence electrons. The SMILES string of the molecule is NN=C(COc1ccc(C(=O)Nc2ccc3c(c2)Cc2ccccc2-3)cc1)N=[NH2+]. The zero-order valence-electron chi connectivity index (χ0n) is 15.6. The number of nitrogens with one attached hydrogen (secondary N) is 1. The molecule has 0 aromatic heterocycles. The van der Waals surface area contributed by atoms with Crippen molar-refractivity contribution in [3.8, 4) is 16.9 Å². The lowest BCUT2D eigenvalue weighted by Gasteiger charge is -2.09. The molecule has 7 heteroatoms. The average Bonchev–Trinajstić information content (AvgIpc) is 3.12. The predicted molar refractivity (Wildman–Crippen MR) is 111 cm³/mol. The Morgan fingerprint density at radius 2 is 1.79 bits per heavy atom. The second-order valence-electron chi connectivity index (χ2n) is 6.65. The van der Waals surface area contributed by atoms with E-state index in [-0.39, 0.29) is 18.3 Å². The molecule has 29 heavy (non-hydrogen) atoms. The first kappa shape index (κ1) is 18.4. The first-order chi connectivity index (χ1) is 14.2. The quantitative estimate of drug-likeness (QED) is 0.161. The van der Waals surface area contributed by atoms with E-state index in [0.717, 1.165) is 12.1 Å². The van der Waals surface area contributed by atoms with Crippen molar-refractivity contribution < 1.29 is 15.1 Å². The topological polar surface area (TPSA) is 115 Å². The van der Waals surface area contributed by atoms with Gasteiger partial charge in [0.1, 0.15) is 5.75 Å². The van der Waals surface area contributed by atoms with E-state index in [4.69, 9.17) is 16.1 Å². The van der Waals surface area contributed by atoms with Crippen molar-refractivity contribution in [3.63, 3.8) is 0 Å². The number of carbonyl (C=O) groups is 1. The summed E-state index contributed by atoms with van der Waals surface area (Å²) in [6, 6.07) is 21.2. The Balaban J connectivity index is 1.42. The van der Waals surface area contributed by atoms with E-state index in [1.165, 1.54) is 22.3 Å². The van der Waals surface area contributed by atoms with Gasteiger partial charge in [-0.1, -0.05) is 30.3 Å². The van der Waals surface area contributed by atoms with Crippen molar-refractivity contribution in [1.29, 1.82) is 0 Å². The number of carbonyl (C=O) groups excluding carboxylic acids is 1. The first-order valence-corrected chi connectivity index (χ1v) is 9.11. The molecule has 0 radical (unpaired) electrons. The molecule has 7 nitrogen and oxygen atoms in total. The van der Waals surface area contributed by atoms with Gasteiger partial charge in [0.2, 0.25) is 0 Å². The van der Waals surface area contributed by atoms with Crippen LogP contribution in [-0.2, 0) is 6.42 Å². The van der Waals surface area contributed by atoms with E-state index >= 15 is 0 Å². The maximum Gasteiger partial charge on any atom is 0.255 e. The molecule has 1 aliphatic carbocycles. The first-order valence-electron chi connectivity index (χ1n) is 9.11. The minimum atomic E-state index is -0.187. The molecule has 0 unspecified atom stereocenters. The van der Waals surface area contributed by atoms with E-state index in [9.17, 15) is 4.79 Å². The third kappa shape index (κ3) is 3.84. The van der Waals surface area contributed by atoms with Gasteiger partial charge in [-0.2, -0.15) is 10.6 Å². The molecule has 0 fully saturated rings. The van der Waals surface area contributed by atoms with E-state index in [2.05, 4.69) is 39.8 Å². The highest BCUT2D eigenvalue weighted by Gasteiger charge is 2.18. The van der Waals surface area contributed by atoms with Crippen molar-refractivity contribution in [1.82, 2.24) is 0 Å². The third-order valence-electron chi connectivity index (χ3n) is 4.83. The Kier molecular flexibility index (Phi) is 5.03. The van der Waals surface area contributed by atoms with E-state index in [0.29, 0.717) is 11.3 Å². The average molecular weight is 386 g/mol. The number of hydrazone groups is 1. The molecule has 3 aromatic rings. The number of ether oxygens (including phenoxy) is 1. The van der Waals surface area contributed by atoms with E-state index in [1.54, 1.807) is 24.3 Å². The summed E-state index contributed by atoms with van der Waals surface area (Å²) in [6.45, 7) is 0.0516.